The van der Waals surface area contributed by atoms with E-state index in [4.69, 9.17) is 4.74 Å². The summed E-state index contributed by atoms with van der Waals surface area (Å²) in [4.78, 5) is 12.0. The Morgan fingerprint density at radius 2 is 1.96 bits per heavy atom. The van der Waals surface area contributed by atoms with Crippen LogP contribution in [0.15, 0.2) is 24.3 Å². The topological polar surface area (TPSA) is 116 Å². The molecule has 2 heterocycles. The van der Waals surface area contributed by atoms with Gasteiger partial charge in [0.05, 0.1) is 30.7 Å². The second kappa shape index (κ2) is 7.55. The zero-order chi connectivity index (χ0) is 20.5. The maximum absolute atomic E-state index is 12.0. The Balaban J connectivity index is 2.11. The molecule has 0 bridgehead atoms. The Labute approximate surface area is 162 Å². The number of esters is 1. The standard InChI is InChI=1S/C18H21N5O4S/c1-5-27-17(24)10-14-9-16(21-23-12(3)19-20-18(14)23)13-7-6-11(2)15(8-13)22-28(4,25)26/h6-9,22H,5,10H2,1-4H3. The molecular formula is C18H21N5O4S. The molecule has 0 fully saturated rings. The van der Waals surface area contributed by atoms with Crippen LogP contribution in [-0.2, 0) is 26.0 Å². The van der Waals surface area contributed by atoms with E-state index in [2.05, 4.69) is 20.0 Å². The van der Waals surface area contributed by atoms with Crippen LogP contribution in [0.3, 0.4) is 0 Å². The summed E-state index contributed by atoms with van der Waals surface area (Å²) >= 11 is 0. The van der Waals surface area contributed by atoms with Crippen LogP contribution in [0.1, 0.15) is 23.9 Å². The van der Waals surface area contributed by atoms with E-state index >= 15 is 0 Å². The molecule has 0 atom stereocenters. The maximum Gasteiger partial charge on any atom is 0.310 e. The second-order valence-corrected chi connectivity index (χ2v) is 8.17. The number of aryl methyl sites for hydroxylation is 2. The first-order chi connectivity index (χ1) is 13.2. The molecule has 3 rings (SSSR count). The van der Waals surface area contributed by atoms with Crippen LogP contribution < -0.4 is 4.72 Å². The lowest BCUT2D eigenvalue weighted by Gasteiger charge is -2.11. The fourth-order valence-corrected chi connectivity index (χ4v) is 3.39. The molecule has 0 saturated carbocycles. The lowest BCUT2D eigenvalue weighted by Crippen LogP contribution is -2.11. The first-order valence-electron chi connectivity index (χ1n) is 8.64. The van der Waals surface area contributed by atoms with Crippen molar-refractivity contribution in [2.24, 2.45) is 0 Å². The van der Waals surface area contributed by atoms with Gasteiger partial charge in [-0.15, -0.1) is 10.2 Å². The summed E-state index contributed by atoms with van der Waals surface area (Å²) in [5.41, 5.74) is 3.61. The van der Waals surface area contributed by atoms with E-state index in [-0.39, 0.29) is 19.0 Å². The van der Waals surface area contributed by atoms with E-state index < -0.39 is 10.0 Å². The number of carbonyl (C=O) groups excluding carboxylic acids is 1. The normalized spacial score (nSPS) is 11.6. The molecule has 1 N–H and O–H groups in total. The van der Waals surface area contributed by atoms with Gasteiger partial charge in [-0.3, -0.25) is 9.52 Å². The number of carbonyl (C=O) groups is 1. The van der Waals surface area contributed by atoms with Crippen LogP contribution >= 0.6 is 0 Å². The number of sulfonamides is 1. The summed E-state index contributed by atoms with van der Waals surface area (Å²) in [6.07, 6.45) is 1.13. The van der Waals surface area contributed by atoms with Crippen molar-refractivity contribution in [3.05, 3.63) is 41.2 Å². The van der Waals surface area contributed by atoms with Gasteiger partial charge in [-0.05, 0) is 38.5 Å². The molecule has 2 aromatic heterocycles. The van der Waals surface area contributed by atoms with Gasteiger partial charge in [0.25, 0.3) is 0 Å². The number of benzene rings is 1. The third kappa shape index (κ3) is 4.28. The highest BCUT2D eigenvalue weighted by molar-refractivity contribution is 7.92. The van der Waals surface area contributed by atoms with Crippen molar-refractivity contribution in [1.82, 2.24) is 19.8 Å². The van der Waals surface area contributed by atoms with Gasteiger partial charge in [-0.25, -0.2) is 8.42 Å². The number of nitrogens with zero attached hydrogens (tertiary/aromatic N) is 4. The fourth-order valence-electron chi connectivity index (χ4n) is 2.77. The largest absolute Gasteiger partial charge is 0.466 e. The van der Waals surface area contributed by atoms with Crippen LogP contribution in [-0.4, -0.2) is 47.1 Å². The number of rotatable bonds is 6. The van der Waals surface area contributed by atoms with Crippen LogP contribution in [0.2, 0.25) is 0 Å². The second-order valence-electron chi connectivity index (χ2n) is 6.42. The molecule has 0 unspecified atom stereocenters. The molecule has 0 amide bonds. The van der Waals surface area contributed by atoms with Crippen LogP contribution in [0.4, 0.5) is 5.69 Å². The smallest absolute Gasteiger partial charge is 0.310 e. The minimum Gasteiger partial charge on any atom is -0.466 e. The summed E-state index contributed by atoms with van der Waals surface area (Å²) in [7, 11) is -3.42. The molecule has 0 aliphatic heterocycles. The Bertz CT molecular complexity index is 1150. The summed E-state index contributed by atoms with van der Waals surface area (Å²) in [6, 6.07) is 7.09. The van der Waals surface area contributed by atoms with Gasteiger partial charge < -0.3 is 4.74 Å². The Hall–Kier alpha value is -3.01. The summed E-state index contributed by atoms with van der Waals surface area (Å²) in [6.45, 7) is 5.60. The minimum absolute atomic E-state index is 0.0330. The molecule has 0 spiro atoms. The average molecular weight is 403 g/mol. The lowest BCUT2D eigenvalue weighted by molar-refractivity contribution is -0.142. The maximum atomic E-state index is 12.0. The number of aromatic nitrogens is 4. The zero-order valence-electron chi connectivity index (χ0n) is 16.1. The molecule has 0 radical (unpaired) electrons. The molecule has 10 heteroatoms. The number of nitrogens with one attached hydrogen (secondary N) is 1. The molecule has 148 valence electrons. The average Bonchev–Trinajstić information content (AvgIpc) is 2.97. The zero-order valence-corrected chi connectivity index (χ0v) is 16.9. The molecule has 0 aliphatic carbocycles. The van der Waals surface area contributed by atoms with E-state index in [0.717, 1.165) is 11.8 Å². The minimum atomic E-state index is -3.42. The predicted octanol–water partition coefficient (Wildman–Crippen LogP) is 1.89. The Kier molecular flexibility index (Phi) is 5.32. The van der Waals surface area contributed by atoms with E-state index in [0.29, 0.717) is 34.0 Å². The van der Waals surface area contributed by atoms with Gasteiger partial charge in [0.2, 0.25) is 10.0 Å². The number of anilines is 1. The SMILES string of the molecule is CCOC(=O)Cc1cc(-c2ccc(C)c(NS(C)(=O)=O)c2)nn2c(C)nnc12. The van der Waals surface area contributed by atoms with Gasteiger partial charge in [0.15, 0.2) is 11.5 Å². The van der Waals surface area contributed by atoms with Crippen molar-refractivity contribution in [2.75, 3.05) is 17.6 Å². The van der Waals surface area contributed by atoms with Gasteiger partial charge in [0, 0.05) is 11.1 Å². The quantitative estimate of drug-likeness (QED) is 0.625. The van der Waals surface area contributed by atoms with Crippen molar-refractivity contribution in [1.29, 1.82) is 0 Å². The lowest BCUT2D eigenvalue weighted by atomic mass is 10.1. The highest BCUT2D eigenvalue weighted by Gasteiger charge is 2.16. The number of ether oxygens (including phenoxy) is 1. The van der Waals surface area contributed by atoms with E-state index in [1.54, 1.807) is 36.6 Å². The van der Waals surface area contributed by atoms with E-state index in [1.165, 1.54) is 0 Å². The molecule has 3 aromatic rings. The summed E-state index contributed by atoms with van der Waals surface area (Å²) in [5.74, 6) is 0.203. The Morgan fingerprint density at radius 1 is 1.21 bits per heavy atom. The van der Waals surface area contributed by atoms with E-state index in [1.807, 2.05) is 13.0 Å². The molecular weight excluding hydrogens is 382 g/mol. The van der Waals surface area contributed by atoms with Gasteiger partial charge in [-0.2, -0.15) is 9.61 Å². The highest BCUT2D eigenvalue weighted by Crippen LogP contribution is 2.26. The van der Waals surface area contributed by atoms with Crippen LogP contribution in [0, 0.1) is 13.8 Å². The number of hydrogen-bond donors (Lipinski definition) is 1. The first-order valence-corrected chi connectivity index (χ1v) is 10.5. The van der Waals surface area contributed by atoms with Crippen LogP contribution in [0.25, 0.3) is 16.9 Å². The summed E-state index contributed by atoms with van der Waals surface area (Å²) in [5, 5.41) is 12.7. The first kappa shape index (κ1) is 19.7. The van der Waals surface area contributed by atoms with Gasteiger partial charge in [0.1, 0.15) is 0 Å². The third-order valence-electron chi connectivity index (χ3n) is 4.07. The molecule has 9 nitrogen and oxygen atoms in total. The fraction of sp³-hybridized carbons (Fsp3) is 0.333. The predicted molar refractivity (Wildman–Crippen MR) is 104 cm³/mol. The third-order valence-corrected chi connectivity index (χ3v) is 4.66. The molecule has 1 aromatic carbocycles. The van der Waals surface area contributed by atoms with Crippen molar-refractivity contribution < 1.29 is 17.9 Å². The van der Waals surface area contributed by atoms with Crippen molar-refractivity contribution in [2.45, 2.75) is 27.2 Å². The van der Waals surface area contributed by atoms with Gasteiger partial charge >= 0.3 is 5.97 Å². The van der Waals surface area contributed by atoms with E-state index in [9.17, 15) is 13.2 Å². The number of fused-ring (bicyclic) bond motifs is 1. The Morgan fingerprint density at radius 3 is 2.64 bits per heavy atom. The van der Waals surface area contributed by atoms with Gasteiger partial charge in [-0.1, -0.05) is 12.1 Å². The van der Waals surface area contributed by atoms with Crippen LogP contribution in [0.5, 0.6) is 0 Å². The molecule has 0 aliphatic rings. The van der Waals surface area contributed by atoms with Crippen molar-refractivity contribution >= 4 is 27.3 Å². The molecule has 0 saturated heterocycles. The highest BCUT2D eigenvalue weighted by atomic mass is 32.2. The van der Waals surface area contributed by atoms with Crippen molar-refractivity contribution in [3.8, 4) is 11.3 Å². The number of hydrogen-bond acceptors (Lipinski definition) is 7. The summed E-state index contributed by atoms with van der Waals surface area (Å²) < 4.78 is 32.4. The monoisotopic (exact) mass is 403 g/mol. The van der Waals surface area contributed by atoms with Crippen molar-refractivity contribution in [3.63, 3.8) is 0 Å². The molecule has 28 heavy (non-hydrogen) atoms.